The van der Waals surface area contributed by atoms with Crippen LogP contribution in [0.2, 0.25) is 0 Å². The first-order valence-electron chi connectivity index (χ1n) is 7.78. The number of allylic oxidation sites excluding steroid dienone is 2. The summed E-state index contributed by atoms with van der Waals surface area (Å²) in [4.78, 5) is 8.53. The van der Waals surface area contributed by atoms with Crippen LogP contribution < -0.4 is 0 Å². The van der Waals surface area contributed by atoms with Gasteiger partial charge in [0.2, 0.25) is 4.99 Å². The van der Waals surface area contributed by atoms with Gasteiger partial charge in [0, 0.05) is 54.1 Å². The van der Waals surface area contributed by atoms with E-state index in [-0.39, 0.29) is 15.8 Å². The Kier molecular flexibility index (Phi) is 4.08. The van der Waals surface area contributed by atoms with Gasteiger partial charge in [0.1, 0.15) is 4.99 Å². The van der Waals surface area contributed by atoms with Gasteiger partial charge in [0.15, 0.2) is 5.11 Å². The monoisotopic (exact) mass is 387 g/mol. The fourth-order valence-corrected chi connectivity index (χ4v) is 7.90. The molecule has 0 aromatic carbocycles. The molecule has 23 heavy (non-hydrogen) atoms. The number of thioether (sulfide) groups is 2. The van der Waals surface area contributed by atoms with E-state index in [4.69, 9.17) is 24.4 Å². The average Bonchev–Trinajstić information content (AvgIpc) is 2.82. The summed E-state index contributed by atoms with van der Waals surface area (Å²) in [6.07, 6.45) is 0. The van der Waals surface area contributed by atoms with Crippen molar-refractivity contribution < 1.29 is 0 Å². The van der Waals surface area contributed by atoms with Crippen molar-refractivity contribution >= 4 is 58.1 Å². The fourth-order valence-electron chi connectivity index (χ4n) is 3.76. The Balaban J connectivity index is 2.17. The van der Waals surface area contributed by atoms with Crippen LogP contribution in [0.1, 0.15) is 27.7 Å². The van der Waals surface area contributed by atoms with E-state index in [9.17, 15) is 0 Å². The highest BCUT2D eigenvalue weighted by atomic mass is 32.2. The van der Waals surface area contributed by atoms with Gasteiger partial charge in [-0.25, -0.2) is 0 Å². The standard InChI is InChI=1S/C16H25N3S4/c1-14(2)8-22-9-15(3,4)11-10(14)18(6)16(23-11)12(20)17(5)13(21)19(16)7/h8-9H2,1-7H3. The SMILES string of the molecule is CN1C(=S)N(C)C2(SC3=C(N2C)C(C)(C)CSCC3(C)C)C1=S. The van der Waals surface area contributed by atoms with E-state index in [0.717, 1.165) is 21.6 Å². The number of likely N-dealkylation sites (N-methyl/N-ethyl adjacent to an activating group) is 3. The molecule has 3 heterocycles. The molecule has 1 spiro atoms. The van der Waals surface area contributed by atoms with Crippen LogP contribution in [0.4, 0.5) is 0 Å². The van der Waals surface area contributed by atoms with E-state index in [1.807, 2.05) is 23.7 Å². The lowest BCUT2D eigenvalue weighted by molar-refractivity contribution is 0.190. The summed E-state index contributed by atoms with van der Waals surface area (Å²) in [6.45, 7) is 9.42. The van der Waals surface area contributed by atoms with Crippen molar-refractivity contribution in [3.63, 3.8) is 0 Å². The van der Waals surface area contributed by atoms with Crippen molar-refractivity contribution in [2.75, 3.05) is 32.6 Å². The first-order chi connectivity index (χ1) is 10.5. The molecule has 1 saturated heterocycles. The molecule has 3 aliphatic heterocycles. The van der Waals surface area contributed by atoms with E-state index in [1.54, 1.807) is 0 Å². The molecule has 7 heteroatoms. The summed E-state index contributed by atoms with van der Waals surface area (Å²) < 4.78 is 0. The molecule has 0 saturated carbocycles. The summed E-state index contributed by atoms with van der Waals surface area (Å²) in [5.74, 6) is 2.27. The smallest absolute Gasteiger partial charge is 0.220 e. The number of rotatable bonds is 0. The van der Waals surface area contributed by atoms with E-state index in [2.05, 4.69) is 63.4 Å². The predicted molar refractivity (Wildman–Crippen MR) is 111 cm³/mol. The van der Waals surface area contributed by atoms with E-state index in [0.29, 0.717) is 0 Å². The normalized spacial score (nSPS) is 32.9. The zero-order valence-electron chi connectivity index (χ0n) is 14.9. The lowest BCUT2D eigenvalue weighted by Gasteiger charge is -2.42. The van der Waals surface area contributed by atoms with Crippen LogP contribution in [0.5, 0.6) is 0 Å². The summed E-state index contributed by atoms with van der Waals surface area (Å²) in [5, 5.41) is 0.803. The number of hydrogen-bond donors (Lipinski definition) is 0. The summed E-state index contributed by atoms with van der Waals surface area (Å²) in [5.41, 5.74) is 1.71. The van der Waals surface area contributed by atoms with E-state index >= 15 is 0 Å². The van der Waals surface area contributed by atoms with Gasteiger partial charge in [-0.05, 0) is 12.2 Å². The van der Waals surface area contributed by atoms with Crippen LogP contribution in [0, 0.1) is 10.8 Å². The summed E-state index contributed by atoms with van der Waals surface area (Å²) >= 11 is 15.4. The third-order valence-corrected chi connectivity index (χ3v) is 10.1. The van der Waals surface area contributed by atoms with E-state index in [1.165, 1.54) is 10.6 Å². The predicted octanol–water partition coefficient (Wildman–Crippen LogP) is 3.82. The maximum Gasteiger partial charge on any atom is 0.220 e. The zero-order valence-corrected chi connectivity index (χ0v) is 18.2. The van der Waals surface area contributed by atoms with Gasteiger partial charge in [-0.3, -0.25) is 0 Å². The molecule has 3 nitrogen and oxygen atoms in total. The Bertz CT molecular complexity index is 625. The molecule has 0 bridgehead atoms. The van der Waals surface area contributed by atoms with Crippen molar-refractivity contribution in [2.45, 2.75) is 32.7 Å². The Morgan fingerprint density at radius 1 is 0.913 bits per heavy atom. The zero-order chi connectivity index (χ0) is 17.4. The third kappa shape index (κ3) is 2.22. The van der Waals surface area contributed by atoms with Gasteiger partial charge in [0.05, 0.1) is 0 Å². The van der Waals surface area contributed by atoms with Gasteiger partial charge in [-0.15, -0.1) is 0 Å². The Labute approximate surface area is 159 Å². The maximum absolute atomic E-state index is 5.85. The van der Waals surface area contributed by atoms with Crippen LogP contribution in [-0.4, -0.2) is 62.4 Å². The highest BCUT2D eigenvalue weighted by Crippen LogP contribution is 2.61. The second kappa shape index (κ2) is 5.26. The van der Waals surface area contributed by atoms with Crippen LogP contribution in [0.3, 0.4) is 0 Å². The Morgan fingerprint density at radius 2 is 1.48 bits per heavy atom. The minimum atomic E-state index is -0.387. The Morgan fingerprint density at radius 3 is 2.00 bits per heavy atom. The lowest BCUT2D eigenvalue weighted by Crippen LogP contribution is -2.55. The van der Waals surface area contributed by atoms with Gasteiger partial charge in [-0.1, -0.05) is 51.7 Å². The van der Waals surface area contributed by atoms with Crippen LogP contribution in [-0.2, 0) is 0 Å². The van der Waals surface area contributed by atoms with Crippen molar-refractivity contribution in [2.24, 2.45) is 10.8 Å². The molecule has 0 aromatic rings. The summed E-state index contributed by atoms with van der Waals surface area (Å²) in [6, 6.07) is 0. The van der Waals surface area contributed by atoms with Crippen molar-refractivity contribution in [3.05, 3.63) is 10.6 Å². The average molecular weight is 388 g/mol. The second-order valence-electron chi connectivity index (χ2n) is 7.91. The Hall–Kier alpha value is 0.0200. The largest absolute Gasteiger partial charge is 0.339 e. The van der Waals surface area contributed by atoms with Gasteiger partial charge < -0.3 is 14.7 Å². The van der Waals surface area contributed by atoms with Gasteiger partial charge in [-0.2, -0.15) is 11.8 Å². The molecule has 3 aliphatic rings. The van der Waals surface area contributed by atoms with Crippen LogP contribution in [0.25, 0.3) is 0 Å². The minimum absolute atomic E-state index is 0.123. The lowest BCUT2D eigenvalue weighted by atomic mass is 9.84. The topological polar surface area (TPSA) is 9.72 Å². The molecule has 0 amide bonds. The molecule has 128 valence electrons. The van der Waals surface area contributed by atoms with Gasteiger partial charge in [0.25, 0.3) is 0 Å². The van der Waals surface area contributed by atoms with Gasteiger partial charge >= 0.3 is 0 Å². The highest BCUT2D eigenvalue weighted by Gasteiger charge is 2.61. The molecule has 3 rings (SSSR count). The molecule has 0 aliphatic carbocycles. The maximum atomic E-state index is 5.85. The fraction of sp³-hybridized carbons (Fsp3) is 0.750. The number of thiocarbonyl (C=S) groups is 2. The third-order valence-electron chi connectivity index (χ3n) is 5.04. The quantitative estimate of drug-likeness (QED) is 0.577. The first-order valence-corrected chi connectivity index (χ1v) is 10.6. The summed E-state index contributed by atoms with van der Waals surface area (Å²) in [7, 11) is 6.25. The second-order valence-corrected chi connectivity index (χ2v) is 10.8. The van der Waals surface area contributed by atoms with Crippen molar-refractivity contribution in [1.82, 2.24) is 14.7 Å². The molecular weight excluding hydrogens is 362 g/mol. The minimum Gasteiger partial charge on any atom is -0.339 e. The molecule has 0 N–H and O–H groups in total. The van der Waals surface area contributed by atoms with Crippen molar-refractivity contribution in [3.8, 4) is 0 Å². The molecule has 0 radical (unpaired) electrons. The van der Waals surface area contributed by atoms with Crippen LogP contribution >= 0.6 is 48.0 Å². The molecule has 1 atom stereocenters. The molecular formula is C16H25N3S4. The van der Waals surface area contributed by atoms with E-state index < -0.39 is 0 Å². The molecule has 0 aromatic heterocycles. The highest BCUT2D eigenvalue weighted by molar-refractivity contribution is 8.06. The van der Waals surface area contributed by atoms with Crippen molar-refractivity contribution in [1.29, 1.82) is 0 Å². The van der Waals surface area contributed by atoms with Crippen LogP contribution in [0.15, 0.2) is 10.6 Å². The first kappa shape index (κ1) is 17.8. The molecule has 1 unspecified atom stereocenters. The molecule has 1 fully saturated rings. The number of hydrogen-bond acceptors (Lipinski definition) is 5. The number of nitrogens with zero attached hydrogens (tertiary/aromatic N) is 3.